The minimum atomic E-state index is 0.925. The predicted octanol–water partition coefficient (Wildman–Crippen LogP) is 10.5. The fourth-order valence-electron chi connectivity index (χ4n) is 6.24. The molecule has 2 aromatic heterocycles. The number of furan rings is 1. The Kier molecular flexibility index (Phi) is 4.29. The lowest BCUT2D eigenvalue weighted by Crippen LogP contribution is -2.01. The molecule has 9 rings (SSSR count). The van der Waals surface area contributed by atoms with E-state index in [4.69, 9.17) is 4.42 Å². The summed E-state index contributed by atoms with van der Waals surface area (Å²) in [6, 6.07) is 45.8. The zero-order valence-corrected chi connectivity index (χ0v) is 21.7. The van der Waals surface area contributed by atoms with Crippen LogP contribution in [0.5, 0.6) is 0 Å². The van der Waals surface area contributed by atoms with Crippen molar-refractivity contribution in [3.63, 3.8) is 0 Å². The van der Waals surface area contributed by atoms with Crippen LogP contribution in [0.1, 0.15) is 0 Å². The van der Waals surface area contributed by atoms with Gasteiger partial charge >= 0.3 is 0 Å². The van der Waals surface area contributed by atoms with Crippen LogP contribution >= 0.6 is 11.8 Å². The molecule has 0 radical (unpaired) electrons. The standard InChI is InChI=1S/C36H21NOS/c1-3-15-30-26(11-1)29-20-24(21-34-35(29)37(30)31-16-4-6-18-33(31)39-34)22-9-7-10-23(19-22)25-13-8-14-28-27-12-2-5-17-32(27)38-36(25)28/h1-21H. The number of aromatic nitrogens is 1. The van der Waals surface area contributed by atoms with Crippen LogP contribution in [-0.4, -0.2) is 4.57 Å². The molecule has 0 saturated carbocycles. The Morgan fingerprint density at radius 2 is 1.28 bits per heavy atom. The molecule has 0 bridgehead atoms. The van der Waals surface area contributed by atoms with Crippen molar-refractivity contribution in [1.82, 2.24) is 4.57 Å². The molecule has 0 N–H and O–H groups in total. The van der Waals surface area contributed by atoms with E-state index >= 15 is 0 Å². The van der Waals surface area contributed by atoms with Crippen molar-refractivity contribution in [2.75, 3.05) is 0 Å². The molecule has 0 unspecified atom stereocenters. The molecular formula is C36H21NOS. The normalized spacial score (nSPS) is 12.5. The van der Waals surface area contributed by atoms with Gasteiger partial charge in [-0.25, -0.2) is 0 Å². The lowest BCUT2D eigenvalue weighted by atomic mass is 9.97. The van der Waals surface area contributed by atoms with E-state index in [9.17, 15) is 0 Å². The molecule has 0 amide bonds. The average molecular weight is 516 g/mol. The summed E-state index contributed by atoms with van der Waals surface area (Å²) in [6.07, 6.45) is 0. The molecule has 1 aliphatic rings. The molecule has 3 heteroatoms. The summed E-state index contributed by atoms with van der Waals surface area (Å²) in [7, 11) is 0. The topological polar surface area (TPSA) is 18.1 Å². The number of fused-ring (bicyclic) bond motifs is 8. The van der Waals surface area contributed by atoms with Gasteiger partial charge in [0.25, 0.3) is 0 Å². The molecule has 6 aromatic carbocycles. The van der Waals surface area contributed by atoms with Gasteiger partial charge in [-0.05, 0) is 59.2 Å². The van der Waals surface area contributed by atoms with Crippen molar-refractivity contribution in [3.05, 3.63) is 127 Å². The Hall–Kier alpha value is -4.73. The van der Waals surface area contributed by atoms with Crippen molar-refractivity contribution in [2.45, 2.75) is 9.79 Å². The van der Waals surface area contributed by atoms with Gasteiger partial charge in [-0.1, -0.05) is 96.7 Å². The van der Waals surface area contributed by atoms with Crippen LogP contribution in [0.25, 0.3) is 71.7 Å². The molecule has 0 atom stereocenters. The first-order valence-corrected chi connectivity index (χ1v) is 14.0. The monoisotopic (exact) mass is 515 g/mol. The molecule has 0 spiro atoms. The molecule has 8 aromatic rings. The fraction of sp³-hybridized carbons (Fsp3) is 0. The maximum Gasteiger partial charge on any atom is 0.143 e. The van der Waals surface area contributed by atoms with Crippen LogP contribution in [-0.2, 0) is 0 Å². The second-order valence-electron chi connectivity index (χ2n) is 10.2. The predicted molar refractivity (Wildman–Crippen MR) is 163 cm³/mol. The molecule has 2 nitrogen and oxygen atoms in total. The molecule has 0 aliphatic carbocycles. The zero-order valence-electron chi connectivity index (χ0n) is 20.9. The van der Waals surface area contributed by atoms with E-state index in [0.29, 0.717) is 0 Å². The summed E-state index contributed by atoms with van der Waals surface area (Å²) >= 11 is 1.87. The smallest absolute Gasteiger partial charge is 0.143 e. The summed E-state index contributed by atoms with van der Waals surface area (Å²) in [5.74, 6) is 0. The first-order valence-electron chi connectivity index (χ1n) is 13.2. The summed E-state index contributed by atoms with van der Waals surface area (Å²) in [4.78, 5) is 2.58. The minimum Gasteiger partial charge on any atom is -0.455 e. The van der Waals surface area contributed by atoms with E-state index in [1.807, 2.05) is 23.9 Å². The largest absolute Gasteiger partial charge is 0.455 e. The van der Waals surface area contributed by atoms with Gasteiger partial charge in [-0.3, -0.25) is 0 Å². The highest BCUT2D eigenvalue weighted by Crippen LogP contribution is 2.48. The summed E-state index contributed by atoms with van der Waals surface area (Å²) in [5.41, 5.74) is 10.4. The molecular weight excluding hydrogens is 494 g/mol. The number of rotatable bonds is 2. The third-order valence-corrected chi connectivity index (χ3v) is 9.07. The average Bonchev–Trinajstić information content (AvgIpc) is 3.54. The lowest BCUT2D eigenvalue weighted by molar-refractivity contribution is 0.670. The SMILES string of the molecule is c1cc(-c2cc3c4c(c2)c2ccccc2n4-c2ccccc2S3)cc(-c2cccc3c2oc2ccccc23)c1. The van der Waals surface area contributed by atoms with Crippen molar-refractivity contribution in [3.8, 4) is 27.9 Å². The van der Waals surface area contributed by atoms with Crippen molar-refractivity contribution < 1.29 is 4.42 Å². The van der Waals surface area contributed by atoms with Crippen LogP contribution in [0.3, 0.4) is 0 Å². The highest BCUT2D eigenvalue weighted by Gasteiger charge is 2.23. The van der Waals surface area contributed by atoms with Crippen LogP contribution in [0.15, 0.2) is 142 Å². The highest BCUT2D eigenvalue weighted by molar-refractivity contribution is 7.99. The zero-order chi connectivity index (χ0) is 25.5. The Balaban J connectivity index is 1.27. The quantitative estimate of drug-likeness (QED) is 0.228. The molecule has 0 saturated heterocycles. The van der Waals surface area contributed by atoms with Gasteiger partial charge < -0.3 is 8.98 Å². The van der Waals surface area contributed by atoms with Gasteiger partial charge in [0.05, 0.1) is 16.7 Å². The van der Waals surface area contributed by atoms with Crippen LogP contribution in [0.2, 0.25) is 0 Å². The molecule has 0 fully saturated rings. The molecule has 1 aliphatic heterocycles. The van der Waals surface area contributed by atoms with Crippen molar-refractivity contribution >= 4 is 55.5 Å². The number of hydrogen-bond acceptors (Lipinski definition) is 2. The second kappa shape index (κ2) is 7.89. The minimum absolute atomic E-state index is 0.925. The third-order valence-electron chi connectivity index (χ3n) is 7.97. The number of hydrogen-bond donors (Lipinski definition) is 0. The van der Waals surface area contributed by atoms with E-state index in [2.05, 4.69) is 120 Å². The van der Waals surface area contributed by atoms with Crippen LogP contribution in [0, 0.1) is 0 Å². The van der Waals surface area contributed by atoms with E-state index in [0.717, 1.165) is 33.1 Å². The first kappa shape index (κ1) is 21.2. The fourth-order valence-corrected chi connectivity index (χ4v) is 7.37. The summed E-state index contributed by atoms with van der Waals surface area (Å²) in [5, 5.41) is 4.90. The van der Waals surface area contributed by atoms with E-state index in [1.54, 1.807) is 0 Å². The Morgan fingerprint density at radius 1 is 0.513 bits per heavy atom. The summed E-state index contributed by atoms with van der Waals surface area (Å²) in [6.45, 7) is 0. The third kappa shape index (κ3) is 2.99. The number of benzene rings is 6. The van der Waals surface area contributed by atoms with E-state index in [1.165, 1.54) is 48.4 Å². The maximum absolute atomic E-state index is 6.36. The number of para-hydroxylation sites is 4. The first-order chi connectivity index (χ1) is 19.3. The van der Waals surface area contributed by atoms with Crippen LogP contribution in [0.4, 0.5) is 0 Å². The van der Waals surface area contributed by atoms with E-state index < -0.39 is 0 Å². The lowest BCUT2D eigenvalue weighted by Gasteiger charge is -2.20. The Bertz CT molecular complexity index is 2270. The number of nitrogens with zero attached hydrogens (tertiary/aromatic N) is 1. The van der Waals surface area contributed by atoms with Gasteiger partial charge in [-0.2, -0.15) is 0 Å². The van der Waals surface area contributed by atoms with Crippen molar-refractivity contribution in [2.24, 2.45) is 0 Å². The van der Waals surface area contributed by atoms with Gasteiger partial charge in [0.1, 0.15) is 11.2 Å². The molecule has 182 valence electrons. The molecule has 39 heavy (non-hydrogen) atoms. The Labute approximate surface area is 229 Å². The van der Waals surface area contributed by atoms with Crippen molar-refractivity contribution in [1.29, 1.82) is 0 Å². The van der Waals surface area contributed by atoms with Crippen LogP contribution < -0.4 is 0 Å². The maximum atomic E-state index is 6.36. The second-order valence-corrected chi connectivity index (χ2v) is 11.2. The van der Waals surface area contributed by atoms with Gasteiger partial charge in [-0.15, -0.1) is 0 Å². The summed E-state index contributed by atoms with van der Waals surface area (Å²) < 4.78 is 8.80. The highest BCUT2D eigenvalue weighted by atomic mass is 32.2. The molecule has 3 heterocycles. The van der Waals surface area contributed by atoms with Gasteiger partial charge in [0.15, 0.2) is 0 Å². The van der Waals surface area contributed by atoms with Gasteiger partial charge in [0, 0.05) is 36.9 Å². The van der Waals surface area contributed by atoms with E-state index in [-0.39, 0.29) is 0 Å². The Morgan fingerprint density at radius 3 is 2.26 bits per heavy atom. The van der Waals surface area contributed by atoms with Gasteiger partial charge in [0.2, 0.25) is 0 Å².